The van der Waals surface area contributed by atoms with Crippen LogP contribution in [0.3, 0.4) is 0 Å². The van der Waals surface area contributed by atoms with Crippen molar-refractivity contribution in [2.45, 2.75) is 6.92 Å². The van der Waals surface area contributed by atoms with E-state index in [2.05, 4.69) is 0 Å². The molecule has 9 heavy (non-hydrogen) atoms. The van der Waals surface area contributed by atoms with E-state index in [-0.39, 0.29) is 0 Å². The summed E-state index contributed by atoms with van der Waals surface area (Å²) in [5.74, 6) is 0. The smallest absolute Gasteiger partial charge is 0.197 e. The molecule has 0 aromatic heterocycles. The second-order valence-corrected chi connectivity index (χ2v) is 4.43. The third kappa shape index (κ3) is 18.1. The van der Waals surface area contributed by atoms with Crippen LogP contribution in [-0.2, 0) is 13.9 Å². The van der Waals surface area contributed by atoms with Gasteiger partial charge < -0.3 is 9.32 Å². The maximum absolute atomic E-state index is 10.6. The Bertz CT molecular complexity index is 96.4. The first kappa shape index (κ1) is 11.6. The summed E-state index contributed by atoms with van der Waals surface area (Å²) < 4.78 is 15.4. The van der Waals surface area contributed by atoms with Gasteiger partial charge in [-0.25, -0.2) is 0 Å². The van der Waals surface area contributed by atoms with Gasteiger partial charge in [-0.1, -0.05) is 0 Å². The van der Waals surface area contributed by atoms with Gasteiger partial charge in [-0.3, -0.25) is 4.57 Å². The highest BCUT2D eigenvalue weighted by atomic mass is 31.2. The number of hydrogen-bond acceptors (Lipinski definition) is 3. The monoisotopic (exact) mass is 152 g/mol. The van der Waals surface area contributed by atoms with Crippen molar-refractivity contribution in [2.75, 3.05) is 19.9 Å². The molecule has 56 valence electrons. The van der Waals surface area contributed by atoms with Gasteiger partial charge in [-0.2, -0.15) is 0 Å². The first-order valence-electron chi connectivity index (χ1n) is 2.54. The predicted molar refractivity (Wildman–Crippen MR) is 38.2 cm³/mol. The topological polar surface area (TPSA) is 43.4 Å². The molecule has 0 aromatic rings. The van der Waals surface area contributed by atoms with Crippen molar-refractivity contribution in [2.24, 2.45) is 0 Å². The third-order valence-electron chi connectivity index (χ3n) is 0.440. The Morgan fingerprint density at radius 3 is 1.78 bits per heavy atom. The Morgan fingerprint density at radius 2 is 1.78 bits per heavy atom. The van der Waals surface area contributed by atoms with Gasteiger partial charge in [0.1, 0.15) is 6.79 Å². The van der Waals surface area contributed by atoms with Crippen LogP contribution in [0.15, 0.2) is 0 Å². The highest BCUT2D eigenvalue weighted by Crippen LogP contribution is 2.36. The van der Waals surface area contributed by atoms with Crippen molar-refractivity contribution >= 4 is 14.2 Å². The van der Waals surface area contributed by atoms with E-state index < -0.39 is 7.37 Å². The Labute approximate surface area is 55.9 Å². The van der Waals surface area contributed by atoms with Crippen molar-refractivity contribution in [1.82, 2.24) is 0 Å². The summed E-state index contributed by atoms with van der Waals surface area (Å²) in [6.45, 7) is 7.59. The van der Waals surface area contributed by atoms with Crippen LogP contribution in [0, 0.1) is 0 Å². The summed E-state index contributed by atoms with van der Waals surface area (Å²) >= 11 is 0. The van der Waals surface area contributed by atoms with Crippen molar-refractivity contribution in [1.29, 1.82) is 0 Å². The Hall–Kier alpha value is -0.140. The fourth-order valence-electron chi connectivity index (χ4n) is 0.311. The number of carbonyl (C=O) groups excluding carboxylic acids is 1. The average Bonchev–Trinajstić information content (AvgIpc) is 1.69. The zero-order chi connectivity index (χ0) is 7.91. The predicted octanol–water partition coefficient (Wildman–Crippen LogP) is 1.38. The van der Waals surface area contributed by atoms with E-state index in [1.165, 1.54) is 0 Å². The van der Waals surface area contributed by atoms with Crippen LogP contribution >= 0.6 is 7.37 Å². The lowest BCUT2D eigenvalue weighted by atomic mass is 10.9. The van der Waals surface area contributed by atoms with E-state index in [1.54, 1.807) is 13.3 Å². The molecule has 0 aliphatic carbocycles. The molecule has 0 heterocycles. The van der Waals surface area contributed by atoms with Crippen LogP contribution in [0.1, 0.15) is 6.92 Å². The molecule has 0 atom stereocenters. The van der Waals surface area contributed by atoms with E-state index >= 15 is 0 Å². The fourth-order valence-corrected chi connectivity index (χ4v) is 0.933. The summed E-state index contributed by atoms with van der Waals surface area (Å²) in [7, 11) is -2.17. The van der Waals surface area contributed by atoms with Crippen LogP contribution in [-0.4, -0.2) is 26.7 Å². The van der Waals surface area contributed by atoms with Gasteiger partial charge in [-0.15, -0.1) is 0 Å². The summed E-state index contributed by atoms with van der Waals surface area (Å²) in [6, 6.07) is 0. The van der Waals surface area contributed by atoms with Crippen molar-refractivity contribution in [3.8, 4) is 0 Å². The zero-order valence-corrected chi connectivity index (χ0v) is 6.98. The third-order valence-corrected chi connectivity index (χ3v) is 1.32. The van der Waals surface area contributed by atoms with E-state index in [9.17, 15) is 4.57 Å². The van der Waals surface area contributed by atoms with Crippen molar-refractivity contribution in [3.63, 3.8) is 0 Å². The summed E-state index contributed by atoms with van der Waals surface area (Å²) in [4.78, 5) is 8.00. The van der Waals surface area contributed by atoms with Gasteiger partial charge in [0, 0.05) is 13.3 Å². The molecular formula is C5H13O3P. The van der Waals surface area contributed by atoms with Gasteiger partial charge in [0.15, 0.2) is 7.37 Å². The molecule has 3 nitrogen and oxygen atoms in total. The molecule has 0 saturated heterocycles. The lowest BCUT2D eigenvalue weighted by molar-refractivity contribution is -0.0979. The molecule has 0 spiro atoms. The highest BCUT2D eigenvalue weighted by molar-refractivity contribution is 7.57. The van der Waals surface area contributed by atoms with Crippen molar-refractivity contribution in [3.05, 3.63) is 0 Å². The van der Waals surface area contributed by atoms with E-state index in [4.69, 9.17) is 9.32 Å². The van der Waals surface area contributed by atoms with E-state index in [0.29, 0.717) is 6.61 Å². The molecule has 0 aromatic carbocycles. The minimum atomic E-state index is -2.17. The van der Waals surface area contributed by atoms with Gasteiger partial charge in [-0.05, 0) is 6.92 Å². The van der Waals surface area contributed by atoms with Gasteiger partial charge in [0.25, 0.3) is 0 Å². The minimum Gasteiger partial charge on any atom is -0.329 e. The maximum atomic E-state index is 10.6. The molecule has 0 saturated carbocycles. The molecule has 0 aliphatic heterocycles. The summed E-state index contributed by atoms with van der Waals surface area (Å²) in [5, 5.41) is 0. The zero-order valence-electron chi connectivity index (χ0n) is 6.09. The van der Waals surface area contributed by atoms with E-state index in [0.717, 1.165) is 0 Å². The first-order chi connectivity index (χ1) is 4.06. The Balaban J connectivity index is 0. The van der Waals surface area contributed by atoms with Gasteiger partial charge >= 0.3 is 0 Å². The molecule has 0 aliphatic rings. The van der Waals surface area contributed by atoms with Crippen molar-refractivity contribution < 1.29 is 13.9 Å². The number of rotatable bonds is 2. The molecule has 0 unspecified atom stereocenters. The van der Waals surface area contributed by atoms with Crippen LogP contribution in [0.4, 0.5) is 0 Å². The molecule has 4 heteroatoms. The van der Waals surface area contributed by atoms with Crippen LogP contribution in [0.2, 0.25) is 0 Å². The first-order valence-corrected chi connectivity index (χ1v) is 5.06. The second-order valence-electron chi connectivity index (χ2n) is 1.67. The second kappa shape index (κ2) is 5.99. The number of carbonyl (C=O) groups is 1. The van der Waals surface area contributed by atoms with E-state index in [1.807, 2.05) is 13.7 Å². The average molecular weight is 152 g/mol. The molecular weight excluding hydrogens is 139 g/mol. The molecule has 0 fully saturated rings. The van der Waals surface area contributed by atoms with Crippen LogP contribution in [0.5, 0.6) is 0 Å². The SMILES string of the molecule is C=O.CCOP(C)(C)=O. The summed E-state index contributed by atoms with van der Waals surface area (Å²) in [5.41, 5.74) is 0. The maximum Gasteiger partial charge on any atom is 0.197 e. The van der Waals surface area contributed by atoms with Gasteiger partial charge in [0.05, 0.1) is 6.61 Å². The minimum absolute atomic E-state index is 0.546. The largest absolute Gasteiger partial charge is 0.329 e. The Kier molecular flexibility index (Phi) is 7.74. The van der Waals surface area contributed by atoms with Gasteiger partial charge in [0.2, 0.25) is 0 Å². The lowest BCUT2D eigenvalue weighted by Gasteiger charge is -2.02. The standard InChI is InChI=1S/C4H11O2P.CH2O/c1-4-6-7(2,3)5;1-2/h4H2,1-3H3;1H2. The molecule has 0 N–H and O–H groups in total. The normalized spacial score (nSPS) is 9.67. The fraction of sp³-hybridized carbons (Fsp3) is 0.800. The quantitative estimate of drug-likeness (QED) is 0.561. The summed E-state index contributed by atoms with van der Waals surface area (Å²) in [6.07, 6.45) is 0. The highest BCUT2D eigenvalue weighted by Gasteiger charge is 2.02. The number of hydrogen-bond donors (Lipinski definition) is 0. The van der Waals surface area contributed by atoms with Crippen LogP contribution < -0.4 is 0 Å². The molecule has 0 bridgehead atoms. The Morgan fingerprint density at radius 1 is 1.44 bits per heavy atom. The molecule has 0 radical (unpaired) electrons. The molecule has 0 rings (SSSR count). The lowest BCUT2D eigenvalue weighted by Crippen LogP contribution is -1.82. The van der Waals surface area contributed by atoms with Crippen LogP contribution in [0.25, 0.3) is 0 Å². The molecule has 0 amide bonds.